The Morgan fingerprint density at radius 2 is 2.00 bits per heavy atom. The van der Waals surface area contributed by atoms with Crippen molar-refractivity contribution in [3.63, 3.8) is 0 Å². The Morgan fingerprint density at radius 1 is 1.22 bits per heavy atom. The van der Waals surface area contributed by atoms with Crippen molar-refractivity contribution >= 4 is 33.6 Å². The van der Waals surface area contributed by atoms with Gasteiger partial charge >= 0.3 is 0 Å². The molecule has 0 aliphatic carbocycles. The molecule has 0 unspecified atom stereocenters. The standard InChI is InChI=1S/C20H20BrN3O3/c1-13-8-15(21)11-24-12-16(23-20(13)24)10-22-19(25)7-5-14-4-6-17(26-2)18(9-14)27-3/h4-9,11-12H,10H2,1-3H3,(H,22,25)/b7-5+. The Labute approximate surface area is 165 Å². The lowest BCUT2D eigenvalue weighted by Crippen LogP contribution is -2.20. The van der Waals surface area contributed by atoms with Crippen LogP contribution in [-0.2, 0) is 11.3 Å². The molecule has 2 heterocycles. The van der Waals surface area contributed by atoms with Crippen molar-refractivity contribution < 1.29 is 14.3 Å². The number of pyridine rings is 1. The number of hydrogen-bond acceptors (Lipinski definition) is 4. The normalized spacial score (nSPS) is 11.1. The third-order valence-corrected chi connectivity index (χ3v) is 4.46. The number of aryl methyl sites for hydroxylation is 1. The number of hydrogen-bond donors (Lipinski definition) is 1. The van der Waals surface area contributed by atoms with Crippen LogP contribution in [0.2, 0.25) is 0 Å². The van der Waals surface area contributed by atoms with Gasteiger partial charge in [0.2, 0.25) is 5.91 Å². The summed E-state index contributed by atoms with van der Waals surface area (Å²) < 4.78 is 13.4. The number of carbonyl (C=O) groups excluding carboxylic acids is 1. The molecule has 1 aromatic carbocycles. The highest BCUT2D eigenvalue weighted by molar-refractivity contribution is 9.10. The van der Waals surface area contributed by atoms with Gasteiger partial charge in [0.05, 0.1) is 26.5 Å². The van der Waals surface area contributed by atoms with E-state index in [2.05, 4.69) is 26.2 Å². The van der Waals surface area contributed by atoms with Gasteiger partial charge in [-0.3, -0.25) is 4.79 Å². The lowest BCUT2D eigenvalue weighted by molar-refractivity contribution is -0.116. The van der Waals surface area contributed by atoms with Crippen molar-refractivity contribution in [1.29, 1.82) is 0 Å². The zero-order valence-corrected chi connectivity index (χ0v) is 16.9. The van der Waals surface area contributed by atoms with E-state index in [1.54, 1.807) is 26.4 Å². The first-order chi connectivity index (χ1) is 13.0. The minimum Gasteiger partial charge on any atom is -0.493 e. The van der Waals surface area contributed by atoms with E-state index in [0.29, 0.717) is 18.0 Å². The zero-order chi connectivity index (χ0) is 19.4. The smallest absolute Gasteiger partial charge is 0.244 e. The molecule has 1 amide bonds. The molecule has 3 rings (SSSR count). The van der Waals surface area contributed by atoms with Crippen LogP contribution >= 0.6 is 15.9 Å². The number of fused-ring (bicyclic) bond motifs is 1. The summed E-state index contributed by atoms with van der Waals surface area (Å²) in [5.41, 5.74) is 3.58. The van der Waals surface area contributed by atoms with E-state index in [0.717, 1.165) is 26.9 Å². The molecular formula is C20H20BrN3O3. The van der Waals surface area contributed by atoms with Gasteiger partial charge in [-0.2, -0.15) is 0 Å². The Kier molecular flexibility index (Phi) is 5.81. The summed E-state index contributed by atoms with van der Waals surface area (Å²) in [5, 5.41) is 2.85. The van der Waals surface area contributed by atoms with Gasteiger partial charge in [-0.15, -0.1) is 0 Å². The number of aromatic nitrogens is 2. The minimum absolute atomic E-state index is 0.195. The highest BCUT2D eigenvalue weighted by Crippen LogP contribution is 2.27. The van der Waals surface area contributed by atoms with Gasteiger partial charge in [-0.25, -0.2) is 4.98 Å². The molecule has 7 heteroatoms. The Hall–Kier alpha value is -2.80. The zero-order valence-electron chi connectivity index (χ0n) is 15.3. The number of nitrogens with zero attached hydrogens (tertiary/aromatic N) is 2. The number of benzene rings is 1. The van der Waals surface area contributed by atoms with Crippen LogP contribution in [0.15, 0.2) is 47.2 Å². The topological polar surface area (TPSA) is 64.9 Å². The minimum atomic E-state index is -0.195. The van der Waals surface area contributed by atoms with Crippen molar-refractivity contribution in [2.45, 2.75) is 13.5 Å². The van der Waals surface area contributed by atoms with Gasteiger partial charge in [0.1, 0.15) is 5.65 Å². The van der Waals surface area contributed by atoms with Gasteiger partial charge in [0, 0.05) is 22.9 Å². The molecular weight excluding hydrogens is 410 g/mol. The van der Waals surface area contributed by atoms with E-state index in [1.807, 2.05) is 41.9 Å². The number of methoxy groups -OCH3 is 2. The summed E-state index contributed by atoms with van der Waals surface area (Å²) >= 11 is 3.47. The lowest BCUT2D eigenvalue weighted by Gasteiger charge is -2.07. The Balaban J connectivity index is 1.64. The number of halogens is 1. The molecule has 27 heavy (non-hydrogen) atoms. The fraction of sp³-hybridized carbons (Fsp3) is 0.200. The molecule has 0 radical (unpaired) electrons. The van der Waals surface area contributed by atoms with Crippen LogP contribution in [-0.4, -0.2) is 29.5 Å². The largest absolute Gasteiger partial charge is 0.493 e. The molecule has 0 aliphatic heterocycles. The van der Waals surface area contributed by atoms with Gasteiger partial charge in [0.15, 0.2) is 11.5 Å². The number of carbonyl (C=O) groups is 1. The van der Waals surface area contributed by atoms with Crippen LogP contribution in [0.5, 0.6) is 11.5 Å². The molecule has 0 fully saturated rings. The fourth-order valence-electron chi connectivity index (χ4n) is 2.73. The molecule has 0 spiro atoms. The number of nitrogens with one attached hydrogen (secondary N) is 1. The van der Waals surface area contributed by atoms with E-state index >= 15 is 0 Å². The Bertz CT molecular complexity index is 1010. The maximum atomic E-state index is 12.1. The predicted octanol–water partition coefficient (Wildman–Crippen LogP) is 3.75. The van der Waals surface area contributed by atoms with Crippen LogP contribution in [0.4, 0.5) is 0 Å². The number of imidazole rings is 1. The number of amides is 1. The van der Waals surface area contributed by atoms with Crippen molar-refractivity contribution in [3.8, 4) is 11.5 Å². The van der Waals surface area contributed by atoms with Gasteiger partial charge in [-0.1, -0.05) is 6.07 Å². The number of ether oxygens (including phenoxy) is 2. The average Bonchev–Trinajstić information content (AvgIpc) is 3.07. The fourth-order valence-corrected chi connectivity index (χ4v) is 3.29. The van der Waals surface area contributed by atoms with Crippen molar-refractivity contribution in [2.24, 2.45) is 0 Å². The maximum absolute atomic E-state index is 12.1. The average molecular weight is 430 g/mol. The summed E-state index contributed by atoms with van der Waals surface area (Å²) in [6.07, 6.45) is 7.06. The summed E-state index contributed by atoms with van der Waals surface area (Å²) in [5.74, 6) is 1.07. The molecule has 0 bridgehead atoms. The molecule has 0 saturated carbocycles. The molecule has 3 aromatic rings. The maximum Gasteiger partial charge on any atom is 0.244 e. The van der Waals surface area contributed by atoms with Crippen molar-refractivity contribution in [3.05, 3.63) is 64.0 Å². The Morgan fingerprint density at radius 3 is 2.74 bits per heavy atom. The van der Waals surface area contributed by atoms with Crippen molar-refractivity contribution in [1.82, 2.24) is 14.7 Å². The first kappa shape index (κ1) is 19.0. The lowest BCUT2D eigenvalue weighted by atomic mass is 10.2. The molecule has 0 aliphatic rings. The quantitative estimate of drug-likeness (QED) is 0.605. The monoisotopic (exact) mass is 429 g/mol. The van der Waals surface area contributed by atoms with Crippen LogP contribution in [0, 0.1) is 6.92 Å². The molecule has 2 aromatic heterocycles. The summed E-state index contributed by atoms with van der Waals surface area (Å²) in [7, 11) is 3.16. The van der Waals surface area contributed by atoms with Crippen LogP contribution < -0.4 is 14.8 Å². The van der Waals surface area contributed by atoms with E-state index in [9.17, 15) is 4.79 Å². The van der Waals surface area contributed by atoms with E-state index < -0.39 is 0 Å². The molecule has 1 N–H and O–H groups in total. The van der Waals surface area contributed by atoms with E-state index in [1.165, 1.54) is 6.08 Å². The van der Waals surface area contributed by atoms with Crippen LogP contribution in [0.3, 0.4) is 0 Å². The van der Waals surface area contributed by atoms with E-state index in [4.69, 9.17) is 9.47 Å². The predicted molar refractivity (Wildman–Crippen MR) is 108 cm³/mol. The molecule has 140 valence electrons. The summed E-state index contributed by atoms with van der Waals surface area (Å²) in [4.78, 5) is 16.7. The van der Waals surface area contributed by atoms with Gasteiger partial charge in [0.25, 0.3) is 0 Å². The second-order valence-electron chi connectivity index (χ2n) is 5.97. The second-order valence-corrected chi connectivity index (χ2v) is 6.89. The van der Waals surface area contributed by atoms with Gasteiger partial charge < -0.3 is 19.2 Å². The third-order valence-electron chi connectivity index (χ3n) is 4.03. The molecule has 0 saturated heterocycles. The third kappa shape index (κ3) is 4.49. The highest BCUT2D eigenvalue weighted by Gasteiger charge is 2.07. The first-order valence-corrected chi connectivity index (χ1v) is 9.11. The first-order valence-electron chi connectivity index (χ1n) is 8.32. The SMILES string of the molecule is COc1ccc(/C=C/C(=O)NCc2cn3cc(Br)cc(C)c3n2)cc1OC. The van der Waals surface area contributed by atoms with E-state index in [-0.39, 0.29) is 5.91 Å². The highest BCUT2D eigenvalue weighted by atomic mass is 79.9. The molecule has 0 atom stereocenters. The number of rotatable bonds is 6. The summed E-state index contributed by atoms with van der Waals surface area (Å²) in [6.45, 7) is 2.36. The van der Waals surface area contributed by atoms with Crippen molar-refractivity contribution in [2.75, 3.05) is 14.2 Å². The second kappa shape index (κ2) is 8.26. The molecule has 6 nitrogen and oxygen atoms in total. The van der Waals surface area contributed by atoms with Gasteiger partial charge in [-0.05, 0) is 58.3 Å². The summed E-state index contributed by atoms with van der Waals surface area (Å²) in [6, 6.07) is 7.48. The van der Waals surface area contributed by atoms with Crippen LogP contribution in [0.25, 0.3) is 11.7 Å². The van der Waals surface area contributed by atoms with Crippen LogP contribution in [0.1, 0.15) is 16.8 Å².